The second-order valence-corrected chi connectivity index (χ2v) is 8.60. The molecule has 6 heteroatoms. The lowest BCUT2D eigenvalue weighted by molar-refractivity contribution is 0.155. The van der Waals surface area contributed by atoms with Crippen molar-refractivity contribution in [1.29, 1.82) is 0 Å². The Labute approximate surface area is 124 Å². The summed E-state index contributed by atoms with van der Waals surface area (Å²) in [4.78, 5) is 12.0. The van der Waals surface area contributed by atoms with Crippen LogP contribution in [0.3, 0.4) is 0 Å². The van der Waals surface area contributed by atoms with Gasteiger partial charge in [0.1, 0.15) is 0 Å². The predicted octanol–water partition coefficient (Wildman–Crippen LogP) is 3.69. The van der Waals surface area contributed by atoms with Crippen LogP contribution in [0.25, 0.3) is 0 Å². The highest BCUT2D eigenvalue weighted by atomic mass is 28.4. The fourth-order valence-electron chi connectivity index (χ4n) is 2.29. The van der Waals surface area contributed by atoms with Crippen molar-refractivity contribution < 1.29 is 18.8 Å². The van der Waals surface area contributed by atoms with E-state index in [0.29, 0.717) is 6.54 Å². The van der Waals surface area contributed by atoms with E-state index in [0.717, 1.165) is 51.0 Å². The summed E-state index contributed by atoms with van der Waals surface area (Å²) in [6.45, 7) is 8.27. The molecule has 1 N–H and O–H groups in total. The number of hydrogen-bond donors (Lipinski definition) is 1. The molecular weight excluding hydrogens is 274 g/mol. The Bertz CT molecular complexity index is 258. The van der Waals surface area contributed by atoms with Crippen molar-refractivity contribution >= 4 is 14.7 Å². The third kappa shape index (κ3) is 7.87. The summed E-state index contributed by atoms with van der Waals surface area (Å²) in [5.74, 6) is 0. The molecule has 0 unspecified atom stereocenters. The molecule has 5 nitrogen and oxygen atoms in total. The number of hydrogen-bond acceptors (Lipinski definition) is 3. The van der Waals surface area contributed by atoms with Crippen molar-refractivity contribution in [3.8, 4) is 0 Å². The molecule has 0 saturated carbocycles. The van der Waals surface area contributed by atoms with Crippen molar-refractivity contribution in [2.75, 3.05) is 26.8 Å². The SMILES string of the molecule is CCO[Si](CC)(CCCCCCN(C)C(=O)O)OCC. The fourth-order valence-corrected chi connectivity index (χ4v) is 5.26. The quantitative estimate of drug-likeness (QED) is 0.441. The molecule has 0 radical (unpaired) electrons. The van der Waals surface area contributed by atoms with Crippen LogP contribution in [-0.2, 0) is 8.85 Å². The van der Waals surface area contributed by atoms with Crippen LogP contribution in [-0.4, -0.2) is 51.5 Å². The zero-order chi connectivity index (χ0) is 15.4. The molecule has 0 spiro atoms. The van der Waals surface area contributed by atoms with Crippen molar-refractivity contribution in [3.63, 3.8) is 0 Å². The molecule has 0 rings (SSSR count). The second kappa shape index (κ2) is 11.1. The summed E-state index contributed by atoms with van der Waals surface area (Å²) < 4.78 is 11.9. The Hall–Kier alpha value is -0.593. The third-order valence-electron chi connectivity index (χ3n) is 3.48. The van der Waals surface area contributed by atoms with Crippen molar-refractivity contribution in [3.05, 3.63) is 0 Å². The molecule has 0 heterocycles. The first-order valence-corrected chi connectivity index (χ1v) is 9.96. The maximum absolute atomic E-state index is 10.6. The highest BCUT2D eigenvalue weighted by Gasteiger charge is 2.33. The van der Waals surface area contributed by atoms with E-state index in [4.69, 9.17) is 14.0 Å². The zero-order valence-corrected chi connectivity index (χ0v) is 14.5. The molecule has 0 fully saturated rings. The molecule has 0 aliphatic carbocycles. The van der Waals surface area contributed by atoms with Crippen LogP contribution in [0.5, 0.6) is 0 Å². The van der Waals surface area contributed by atoms with E-state index >= 15 is 0 Å². The number of nitrogens with zero attached hydrogens (tertiary/aromatic N) is 1. The van der Waals surface area contributed by atoms with E-state index in [-0.39, 0.29) is 0 Å². The molecule has 0 aliphatic rings. The molecule has 120 valence electrons. The first-order valence-electron chi connectivity index (χ1n) is 7.73. The fraction of sp³-hybridized carbons (Fsp3) is 0.929. The van der Waals surface area contributed by atoms with Crippen LogP contribution < -0.4 is 0 Å². The maximum Gasteiger partial charge on any atom is 0.407 e. The van der Waals surface area contributed by atoms with Crippen LogP contribution in [0.1, 0.15) is 46.5 Å². The minimum Gasteiger partial charge on any atom is -0.465 e. The van der Waals surface area contributed by atoms with Gasteiger partial charge in [-0.3, -0.25) is 0 Å². The van der Waals surface area contributed by atoms with E-state index in [1.54, 1.807) is 7.05 Å². The maximum atomic E-state index is 10.6. The topological polar surface area (TPSA) is 59.0 Å². The Morgan fingerprint density at radius 3 is 2.05 bits per heavy atom. The first kappa shape index (κ1) is 19.4. The summed E-state index contributed by atoms with van der Waals surface area (Å²) in [6, 6.07) is 2.04. The van der Waals surface area contributed by atoms with Crippen molar-refractivity contribution in [2.45, 2.75) is 58.5 Å². The molecule has 0 aromatic rings. The van der Waals surface area contributed by atoms with Gasteiger partial charge in [0.2, 0.25) is 0 Å². The number of carboxylic acid groups (broad SMARTS) is 1. The van der Waals surface area contributed by atoms with Gasteiger partial charge in [-0.15, -0.1) is 0 Å². The van der Waals surface area contributed by atoms with Crippen LogP contribution >= 0.6 is 0 Å². The van der Waals surface area contributed by atoms with E-state index < -0.39 is 14.7 Å². The number of unbranched alkanes of at least 4 members (excludes halogenated alkanes) is 3. The second-order valence-electron chi connectivity index (χ2n) is 5.00. The van der Waals surface area contributed by atoms with Crippen LogP contribution in [0.15, 0.2) is 0 Å². The number of amides is 1. The van der Waals surface area contributed by atoms with E-state index in [2.05, 4.69) is 6.92 Å². The highest BCUT2D eigenvalue weighted by Crippen LogP contribution is 2.22. The van der Waals surface area contributed by atoms with Gasteiger partial charge in [-0.1, -0.05) is 26.2 Å². The van der Waals surface area contributed by atoms with Gasteiger partial charge in [0.05, 0.1) is 0 Å². The molecule has 0 saturated heterocycles. The number of rotatable bonds is 12. The standard InChI is InChI=1S/C14H31NO4Si/c1-5-18-20(7-3,19-6-2)13-11-9-8-10-12-15(4)14(16)17/h5-13H2,1-4H3,(H,16,17). The van der Waals surface area contributed by atoms with Gasteiger partial charge in [-0.05, 0) is 32.4 Å². The van der Waals surface area contributed by atoms with E-state index in [1.165, 1.54) is 4.90 Å². The van der Waals surface area contributed by atoms with E-state index in [9.17, 15) is 4.79 Å². The van der Waals surface area contributed by atoms with E-state index in [1.807, 2.05) is 13.8 Å². The molecule has 0 aliphatic heterocycles. The molecule has 0 bridgehead atoms. The third-order valence-corrected chi connectivity index (χ3v) is 7.30. The molecule has 0 aromatic heterocycles. The average Bonchev–Trinajstić information content (AvgIpc) is 2.42. The minimum atomic E-state index is -1.97. The summed E-state index contributed by atoms with van der Waals surface area (Å²) in [5.41, 5.74) is 0. The Kier molecular flexibility index (Phi) is 10.8. The summed E-state index contributed by atoms with van der Waals surface area (Å²) >= 11 is 0. The lowest BCUT2D eigenvalue weighted by Gasteiger charge is -2.29. The molecule has 1 amide bonds. The van der Waals surface area contributed by atoms with Gasteiger partial charge in [0.25, 0.3) is 0 Å². The molecule has 0 atom stereocenters. The van der Waals surface area contributed by atoms with Gasteiger partial charge in [-0.25, -0.2) is 4.79 Å². The Balaban J connectivity index is 3.86. The molecular formula is C14H31NO4Si. The monoisotopic (exact) mass is 305 g/mol. The largest absolute Gasteiger partial charge is 0.465 e. The van der Waals surface area contributed by atoms with Crippen molar-refractivity contribution in [2.24, 2.45) is 0 Å². The van der Waals surface area contributed by atoms with Crippen LogP contribution in [0.2, 0.25) is 12.1 Å². The lowest BCUT2D eigenvalue weighted by atomic mass is 10.2. The Morgan fingerprint density at radius 1 is 1.05 bits per heavy atom. The van der Waals surface area contributed by atoms with Crippen LogP contribution in [0.4, 0.5) is 4.79 Å². The van der Waals surface area contributed by atoms with Crippen LogP contribution in [0, 0.1) is 0 Å². The zero-order valence-electron chi connectivity index (χ0n) is 13.5. The summed E-state index contributed by atoms with van der Waals surface area (Å²) in [5, 5.41) is 8.74. The van der Waals surface area contributed by atoms with Gasteiger partial charge in [0.15, 0.2) is 0 Å². The highest BCUT2D eigenvalue weighted by molar-refractivity contribution is 6.67. The molecule has 20 heavy (non-hydrogen) atoms. The summed E-state index contributed by atoms with van der Waals surface area (Å²) in [7, 11) is -0.361. The Morgan fingerprint density at radius 2 is 1.60 bits per heavy atom. The van der Waals surface area contributed by atoms with Crippen molar-refractivity contribution in [1.82, 2.24) is 4.90 Å². The lowest BCUT2D eigenvalue weighted by Crippen LogP contribution is -2.41. The van der Waals surface area contributed by atoms with Gasteiger partial charge >= 0.3 is 14.7 Å². The number of carbonyl (C=O) groups is 1. The predicted molar refractivity (Wildman–Crippen MR) is 83.4 cm³/mol. The first-order chi connectivity index (χ1) is 9.51. The normalized spacial score (nSPS) is 11.6. The van der Waals surface area contributed by atoms with Gasteiger partial charge in [0, 0.05) is 26.8 Å². The van der Waals surface area contributed by atoms with Gasteiger partial charge in [-0.2, -0.15) is 0 Å². The molecule has 0 aromatic carbocycles. The minimum absolute atomic E-state index is 0.614. The van der Waals surface area contributed by atoms with Gasteiger partial charge < -0.3 is 18.9 Å². The smallest absolute Gasteiger partial charge is 0.407 e. The average molecular weight is 305 g/mol. The summed E-state index contributed by atoms with van der Waals surface area (Å²) in [6.07, 6.45) is 3.35.